The topological polar surface area (TPSA) is 49.3 Å². The van der Waals surface area contributed by atoms with Gasteiger partial charge in [0.2, 0.25) is 5.91 Å². The number of aryl methyl sites for hydroxylation is 1. The Bertz CT molecular complexity index is 626. The Kier molecular flexibility index (Phi) is 5.06. The molecule has 1 atom stereocenters. The number of nitrogens with one attached hydrogen (secondary N) is 1. The quantitative estimate of drug-likeness (QED) is 0.885. The molecular weight excluding hydrogens is 269 g/mol. The first-order chi connectivity index (χ1) is 10.1. The maximum absolute atomic E-state index is 13.1. The molecule has 0 aliphatic carbocycles. The Hall–Kier alpha value is -2.20. The third-order valence-electron chi connectivity index (χ3n) is 3.21. The summed E-state index contributed by atoms with van der Waals surface area (Å²) >= 11 is 0. The number of carbonyl (C=O) groups excluding carboxylic acids is 1. The van der Waals surface area contributed by atoms with E-state index in [9.17, 15) is 14.3 Å². The predicted octanol–water partition coefficient (Wildman–Crippen LogP) is 3.45. The van der Waals surface area contributed by atoms with Crippen LogP contribution in [0.15, 0.2) is 48.5 Å². The summed E-state index contributed by atoms with van der Waals surface area (Å²) in [5, 5.41) is 12.4. The minimum atomic E-state index is -0.648. The molecule has 1 unspecified atom stereocenters. The van der Waals surface area contributed by atoms with E-state index in [2.05, 4.69) is 5.32 Å². The lowest BCUT2D eigenvalue weighted by molar-refractivity contribution is -0.116. The lowest BCUT2D eigenvalue weighted by Crippen LogP contribution is -2.14. The lowest BCUT2D eigenvalue weighted by atomic mass is 10.1. The van der Waals surface area contributed by atoms with Gasteiger partial charge in [0, 0.05) is 17.7 Å². The second-order valence-electron chi connectivity index (χ2n) is 4.94. The molecule has 0 spiro atoms. The predicted molar refractivity (Wildman–Crippen MR) is 80.4 cm³/mol. The minimum Gasteiger partial charge on any atom is -0.389 e. The Labute approximate surface area is 123 Å². The van der Waals surface area contributed by atoms with Gasteiger partial charge in [-0.15, -0.1) is 0 Å². The number of aliphatic hydroxyl groups is 1. The van der Waals surface area contributed by atoms with Crippen molar-refractivity contribution in [3.8, 4) is 0 Å². The molecule has 2 N–H and O–H groups in total. The van der Waals surface area contributed by atoms with Gasteiger partial charge in [-0.2, -0.15) is 0 Å². The molecule has 110 valence electrons. The van der Waals surface area contributed by atoms with Gasteiger partial charge in [-0.3, -0.25) is 4.79 Å². The molecule has 0 bridgehead atoms. The summed E-state index contributed by atoms with van der Waals surface area (Å²) in [6.07, 6.45) is 0.0858. The normalized spacial score (nSPS) is 12.0. The van der Waals surface area contributed by atoms with E-state index >= 15 is 0 Å². The van der Waals surface area contributed by atoms with Gasteiger partial charge < -0.3 is 10.4 Å². The SMILES string of the molecule is CC(O)c1ccccc1NC(=O)CCc1cccc(F)c1. The van der Waals surface area contributed by atoms with Crippen molar-refractivity contribution in [3.63, 3.8) is 0 Å². The van der Waals surface area contributed by atoms with Crippen LogP contribution in [0.25, 0.3) is 0 Å². The largest absolute Gasteiger partial charge is 0.389 e. The molecule has 4 heteroatoms. The van der Waals surface area contributed by atoms with Crippen LogP contribution in [0.5, 0.6) is 0 Å². The molecule has 2 rings (SSSR count). The molecule has 0 aliphatic rings. The number of hydrogen-bond acceptors (Lipinski definition) is 2. The average Bonchev–Trinajstić information content (AvgIpc) is 2.45. The number of carbonyl (C=O) groups is 1. The summed E-state index contributed by atoms with van der Waals surface area (Å²) in [5.41, 5.74) is 2.07. The van der Waals surface area contributed by atoms with Crippen molar-refractivity contribution in [2.75, 3.05) is 5.32 Å². The maximum atomic E-state index is 13.1. The third kappa shape index (κ3) is 4.39. The Morgan fingerprint density at radius 3 is 2.71 bits per heavy atom. The summed E-state index contributed by atoms with van der Waals surface area (Å²) in [7, 11) is 0. The molecule has 3 nitrogen and oxygen atoms in total. The molecular formula is C17H18FNO2. The molecule has 21 heavy (non-hydrogen) atoms. The fourth-order valence-electron chi connectivity index (χ4n) is 2.14. The van der Waals surface area contributed by atoms with Crippen LogP contribution in [0.4, 0.5) is 10.1 Å². The number of rotatable bonds is 5. The van der Waals surface area contributed by atoms with Gasteiger partial charge in [0.15, 0.2) is 0 Å². The van der Waals surface area contributed by atoms with Gasteiger partial charge in [-0.1, -0.05) is 30.3 Å². The molecule has 0 heterocycles. The minimum absolute atomic E-state index is 0.160. The molecule has 1 amide bonds. The fourth-order valence-corrected chi connectivity index (χ4v) is 2.14. The fraction of sp³-hybridized carbons (Fsp3) is 0.235. The van der Waals surface area contributed by atoms with Gasteiger partial charge in [0.05, 0.1) is 6.10 Å². The second-order valence-corrected chi connectivity index (χ2v) is 4.94. The van der Waals surface area contributed by atoms with Gasteiger partial charge in [0.1, 0.15) is 5.82 Å². The maximum Gasteiger partial charge on any atom is 0.224 e. The van der Waals surface area contributed by atoms with E-state index in [0.29, 0.717) is 17.7 Å². The van der Waals surface area contributed by atoms with Gasteiger partial charge >= 0.3 is 0 Å². The third-order valence-corrected chi connectivity index (χ3v) is 3.21. The van der Waals surface area contributed by atoms with Crippen LogP contribution < -0.4 is 5.32 Å². The monoisotopic (exact) mass is 287 g/mol. The van der Waals surface area contributed by atoms with Crippen LogP contribution in [-0.2, 0) is 11.2 Å². The second kappa shape index (κ2) is 6.99. The summed E-state index contributed by atoms with van der Waals surface area (Å²) in [4.78, 5) is 12.0. The highest BCUT2D eigenvalue weighted by atomic mass is 19.1. The number of anilines is 1. The summed E-state index contributed by atoms with van der Waals surface area (Å²) in [5.74, 6) is -0.459. The first kappa shape index (κ1) is 15.2. The smallest absolute Gasteiger partial charge is 0.224 e. The van der Waals surface area contributed by atoms with Crippen molar-refractivity contribution in [2.45, 2.75) is 25.9 Å². The number of amides is 1. The molecule has 0 saturated heterocycles. The van der Waals surface area contributed by atoms with Gasteiger partial charge in [-0.05, 0) is 37.1 Å². The van der Waals surface area contributed by atoms with Crippen LogP contribution in [0.1, 0.15) is 30.6 Å². The zero-order valence-electron chi connectivity index (χ0n) is 11.8. The summed E-state index contributed by atoms with van der Waals surface area (Å²) in [6, 6.07) is 13.4. The standard InChI is InChI=1S/C17H18FNO2/c1-12(20)15-7-2-3-8-16(15)19-17(21)10-9-13-5-4-6-14(18)11-13/h2-8,11-12,20H,9-10H2,1H3,(H,19,21). The van der Waals surface area contributed by atoms with E-state index in [-0.39, 0.29) is 18.1 Å². The number of para-hydroxylation sites is 1. The van der Waals surface area contributed by atoms with Crippen molar-refractivity contribution in [2.24, 2.45) is 0 Å². The van der Waals surface area contributed by atoms with Crippen molar-refractivity contribution >= 4 is 11.6 Å². The molecule has 0 saturated carbocycles. The van der Waals surface area contributed by atoms with Gasteiger partial charge in [0.25, 0.3) is 0 Å². The van der Waals surface area contributed by atoms with Crippen molar-refractivity contribution in [3.05, 3.63) is 65.5 Å². The van der Waals surface area contributed by atoms with E-state index in [1.165, 1.54) is 12.1 Å². The molecule has 0 aromatic heterocycles. The van der Waals surface area contributed by atoms with Crippen LogP contribution >= 0.6 is 0 Å². The van der Waals surface area contributed by atoms with E-state index in [1.807, 2.05) is 6.07 Å². The Balaban J connectivity index is 1.96. The highest BCUT2D eigenvalue weighted by molar-refractivity contribution is 5.91. The average molecular weight is 287 g/mol. The lowest BCUT2D eigenvalue weighted by Gasteiger charge is -2.13. The highest BCUT2D eigenvalue weighted by Gasteiger charge is 2.10. The van der Waals surface area contributed by atoms with Crippen LogP contribution in [0.3, 0.4) is 0 Å². The molecule has 2 aromatic rings. The van der Waals surface area contributed by atoms with E-state index in [1.54, 1.807) is 37.3 Å². The first-order valence-corrected chi connectivity index (χ1v) is 6.87. The van der Waals surface area contributed by atoms with Crippen molar-refractivity contribution in [1.82, 2.24) is 0 Å². The molecule has 0 fully saturated rings. The number of halogens is 1. The highest BCUT2D eigenvalue weighted by Crippen LogP contribution is 2.22. The van der Waals surface area contributed by atoms with E-state index < -0.39 is 6.10 Å². The van der Waals surface area contributed by atoms with Crippen LogP contribution in [0, 0.1) is 5.82 Å². The molecule has 0 radical (unpaired) electrons. The zero-order chi connectivity index (χ0) is 15.2. The summed E-state index contributed by atoms with van der Waals surface area (Å²) < 4.78 is 13.1. The van der Waals surface area contributed by atoms with Crippen LogP contribution in [-0.4, -0.2) is 11.0 Å². The van der Waals surface area contributed by atoms with E-state index in [0.717, 1.165) is 5.56 Å². The van der Waals surface area contributed by atoms with E-state index in [4.69, 9.17) is 0 Å². The number of hydrogen-bond donors (Lipinski definition) is 2. The molecule has 0 aliphatic heterocycles. The summed E-state index contributed by atoms with van der Waals surface area (Å²) in [6.45, 7) is 1.65. The first-order valence-electron chi connectivity index (χ1n) is 6.87. The van der Waals surface area contributed by atoms with Crippen molar-refractivity contribution in [1.29, 1.82) is 0 Å². The van der Waals surface area contributed by atoms with Crippen LogP contribution in [0.2, 0.25) is 0 Å². The van der Waals surface area contributed by atoms with Gasteiger partial charge in [-0.25, -0.2) is 4.39 Å². The Morgan fingerprint density at radius 2 is 2.00 bits per heavy atom. The molecule has 2 aromatic carbocycles. The Morgan fingerprint density at radius 1 is 1.24 bits per heavy atom. The zero-order valence-corrected chi connectivity index (χ0v) is 11.8. The number of benzene rings is 2. The number of aliphatic hydroxyl groups excluding tert-OH is 1. The van der Waals surface area contributed by atoms with Crippen molar-refractivity contribution < 1.29 is 14.3 Å².